The van der Waals surface area contributed by atoms with E-state index in [0.29, 0.717) is 206 Å². The minimum atomic E-state index is -4.39. The standard InChI is InChI=1S/C66H142N8O25Si8/c1-75-100(76-2,59-11-19-67-27-43-85-44-28-67)93-102(79-5,61-13-21-69-31-47-87-48-32-69)95-104(81-7,63-15-23-71-35-51-89-52-36-71)97-106(83-9,65-17-25-73-39-55-91-56-40-73)99-107(84-10,66-18-26-74-41-57-92-58-42-74)98-105(82-8,64-16-24-72-37-53-90-54-38-72)96-103(80-6,62-14-22-70-33-49-88-50-34-70)94-101(77-3,78-4)60-12-20-68-29-45-86-46-30-68/h11-66H2,1-10H3. The van der Waals surface area contributed by atoms with Crippen LogP contribution in [0.1, 0.15) is 51.4 Å². The summed E-state index contributed by atoms with van der Waals surface area (Å²) in [5.41, 5.74) is 0. The van der Waals surface area contributed by atoms with Crippen LogP contribution in [0.5, 0.6) is 0 Å². The minimum Gasteiger partial charge on any atom is -0.379 e. The molecule has 8 aliphatic rings. The summed E-state index contributed by atoms with van der Waals surface area (Å²) >= 11 is 0. The normalized spacial score (nSPS) is 24.2. The van der Waals surface area contributed by atoms with Crippen molar-refractivity contribution in [1.82, 2.24) is 39.2 Å². The highest BCUT2D eigenvalue weighted by atomic mass is 28.5. The van der Waals surface area contributed by atoms with Gasteiger partial charge in [-0.1, -0.05) is 0 Å². The van der Waals surface area contributed by atoms with Gasteiger partial charge in [0.15, 0.2) is 0 Å². The van der Waals surface area contributed by atoms with Gasteiger partial charge in [0.2, 0.25) is 0 Å². The second-order valence-corrected chi connectivity index (χ2v) is 53.4. The summed E-state index contributed by atoms with van der Waals surface area (Å²) in [6.45, 7) is 29.4. The fourth-order valence-corrected chi connectivity index (χ4v) is 49.8. The number of hydrogen-bond donors (Lipinski definition) is 0. The van der Waals surface area contributed by atoms with Gasteiger partial charge in [-0.15, -0.1) is 0 Å². The van der Waals surface area contributed by atoms with E-state index in [1.165, 1.54) is 0 Å². The predicted octanol–water partition coefficient (Wildman–Crippen LogP) is 2.86. The van der Waals surface area contributed by atoms with E-state index in [4.69, 9.17) is 111 Å². The van der Waals surface area contributed by atoms with Crippen molar-refractivity contribution in [2.75, 3.05) is 334 Å². The molecule has 0 bridgehead atoms. The first-order valence-corrected chi connectivity index (χ1v) is 55.5. The van der Waals surface area contributed by atoms with Crippen LogP contribution in [-0.2, 0) is 111 Å². The molecule has 41 heteroatoms. The lowest BCUT2D eigenvalue weighted by Gasteiger charge is -2.47. The van der Waals surface area contributed by atoms with Crippen LogP contribution in [0.4, 0.5) is 0 Å². The van der Waals surface area contributed by atoms with Crippen LogP contribution in [0.2, 0.25) is 48.4 Å². The summed E-state index contributed by atoms with van der Waals surface area (Å²) in [7, 11) is -16.0. The molecule has 0 aromatic carbocycles. The molecule has 0 spiro atoms. The first-order chi connectivity index (χ1) is 52.2. The van der Waals surface area contributed by atoms with E-state index in [1.807, 2.05) is 0 Å². The van der Waals surface area contributed by atoms with Gasteiger partial charge in [0.05, 0.1) is 106 Å². The van der Waals surface area contributed by atoms with E-state index < -0.39 is 70.4 Å². The predicted molar refractivity (Wildman–Crippen MR) is 417 cm³/mol. The molecule has 8 fully saturated rings. The summed E-state index contributed by atoms with van der Waals surface area (Å²) in [4.78, 5) is 19.4. The molecule has 8 rings (SSSR count). The van der Waals surface area contributed by atoms with Crippen molar-refractivity contribution in [3.05, 3.63) is 0 Å². The highest BCUT2D eigenvalue weighted by molar-refractivity contribution is 6.88. The average molecular weight is 1670 g/mol. The number of rotatable bonds is 56. The average Bonchev–Trinajstić information content (AvgIpc) is 0.765. The molecular weight excluding hydrogens is 1530 g/mol. The van der Waals surface area contributed by atoms with Gasteiger partial charge in [0, 0.05) is 224 Å². The lowest BCUT2D eigenvalue weighted by molar-refractivity contribution is 0.0317. The molecule has 628 valence electrons. The lowest BCUT2D eigenvalue weighted by Crippen LogP contribution is -2.70. The molecule has 0 aromatic rings. The smallest absolute Gasteiger partial charge is 0.379 e. The van der Waals surface area contributed by atoms with Crippen molar-refractivity contribution in [1.29, 1.82) is 0 Å². The maximum absolute atomic E-state index is 8.26. The molecular formula is C66H142N8O25Si8. The molecule has 0 radical (unpaired) electrons. The summed E-state index contributed by atoms with van der Waals surface area (Å²) in [6.07, 6.45) is 5.28. The van der Waals surface area contributed by atoms with Gasteiger partial charge in [0.25, 0.3) is 0 Å². The first kappa shape index (κ1) is 92.9. The molecule has 8 aliphatic heterocycles. The lowest BCUT2D eigenvalue weighted by atomic mass is 10.3. The SMILES string of the molecule is CO[Si](CCCN1CCOCC1)(OC)O[Si](CCCN1CCOCC1)(OC)O[Si](CCCN1CCOCC1)(OC)O[Si](CCCN1CCOCC1)(OC)O[Si](CCCN1CCOCC1)(OC)O[Si](CCCN1CCOCC1)(OC)O[Si](CCCN1CCOCC1)(OC)O[Si](CCCN1CCOCC1)(OC)OC. The summed E-state index contributed by atoms with van der Waals surface area (Å²) in [5.74, 6) is 0. The van der Waals surface area contributed by atoms with Crippen LogP contribution in [0.25, 0.3) is 0 Å². The molecule has 0 saturated carbocycles. The maximum atomic E-state index is 8.26. The fraction of sp³-hybridized carbons (Fsp3) is 1.00. The number of morpholine rings is 8. The van der Waals surface area contributed by atoms with Crippen LogP contribution >= 0.6 is 0 Å². The Morgan fingerprint density at radius 2 is 0.271 bits per heavy atom. The molecule has 6 unspecified atom stereocenters. The molecule has 0 amide bonds. The Bertz CT molecular complexity index is 2170. The molecule has 8 saturated heterocycles. The monoisotopic (exact) mass is 1670 g/mol. The van der Waals surface area contributed by atoms with Crippen molar-refractivity contribution < 1.29 is 111 Å². The Kier molecular flexibility index (Phi) is 43.6. The fourth-order valence-electron chi connectivity index (χ4n) is 15.1. The van der Waals surface area contributed by atoms with Gasteiger partial charge < -0.3 is 111 Å². The van der Waals surface area contributed by atoms with Gasteiger partial charge in [-0.3, -0.25) is 39.2 Å². The van der Waals surface area contributed by atoms with Crippen molar-refractivity contribution in [2.45, 2.75) is 99.7 Å². The molecule has 8 heterocycles. The summed E-state index contributed by atoms with van der Waals surface area (Å²) in [5, 5.41) is 0. The van der Waals surface area contributed by atoms with Gasteiger partial charge in [-0.2, -0.15) is 0 Å². The Morgan fingerprint density at radius 1 is 0.168 bits per heavy atom. The summed E-state index contributed by atoms with van der Waals surface area (Å²) in [6, 6.07) is 3.10. The molecule has 0 N–H and O–H groups in total. The quantitative estimate of drug-likeness (QED) is 0.0794. The molecule has 0 aromatic heterocycles. The van der Waals surface area contributed by atoms with Crippen LogP contribution in [0.15, 0.2) is 0 Å². The third-order valence-electron chi connectivity index (χ3n) is 21.8. The van der Waals surface area contributed by atoms with E-state index in [1.54, 1.807) is 71.1 Å². The highest BCUT2D eigenvalue weighted by Gasteiger charge is 2.67. The minimum absolute atomic E-state index is 0.313. The maximum Gasteiger partial charge on any atom is 0.493 e. The van der Waals surface area contributed by atoms with Crippen molar-refractivity contribution in [3.8, 4) is 0 Å². The topological polar surface area (TPSA) is 257 Å². The van der Waals surface area contributed by atoms with E-state index >= 15 is 0 Å². The van der Waals surface area contributed by atoms with E-state index in [9.17, 15) is 0 Å². The van der Waals surface area contributed by atoms with Crippen LogP contribution in [0.3, 0.4) is 0 Å². The van der Waals surface area contributed by atoms with Crippen molar-refractivity contribution >= 4 is 70.4 Å². The number of hydrogen-bond acceptors (Lipinski definition) is 33. The van der Waals surface area contributed by atoms with E-state index in [-0.39, 0.29) is 0 Å². The van der Waals surface area contributed by atoms with Crippen LogP contribution in [-0.4, -0.2) is 444 Å². The van der Waals surface area contributed by atoms with Crippen LogP contribution in [0, 0.1) is 0 Å². The van der Waals surface area contributed by atoms with Gasteiger partial charge in [0.1, 0.15) is 0 Å². The Hall–Kier alpha value is 0.415. The Balaban J connectivity index is 1.26. The first-order valence-electron chi connectivity index (χ1n) is 40.0. The third kappa shape index (κ3) is 31.3. The molecule has 33 nitrogen and oxygen atoms in total. The number of nitrogens with zero attached hydrogens (tertiary/aromatic N) is 8. The highest BCUT2D eigenvalue weighted by Crippen LogP contribution is 2.41. The van der Waals surface area contributed by atoms with E-state index in [0.717, 1.165) is 157 Å². The molecule has 6 atom stereocenters. The van der Waals surface area contributed by atoms with Gasteiger partial charge in [-0.05, 0) is 104 Å². The molecule has 0 aliphatic carbocycles. The Labute approximate surface area is 650 Å². The Morgan fingerprint density at radius 3 is 0.383 bits per heavy atom. The van der Waals surface area contributed by atoms with Gasteiger partial charge in [-0.25, -0.2) is 0 Å². The largest absolute Gasteiger partial charge is 0.493 e. The zero-order valence-corrected chi connectivity index (χ0v) is 75.4. The number of ether oxygens (including phenoxy) is 8. The third-order valence-corrected chi connectivity index (χ3v) is 53.1. The second kappa shape index (κ2) is 50.2. The summed E-state index contributed by atoms with van der Waals surface area (Å²) < 4.78 is 172. The molecule has 107 heavy (non-hydrogen) atoms. The zero-order chi connectivity index (χ0) is 75.9. The van der Waals surface area contributed by atoms with Gasteiger partial charge >= 0.3 is 70.4 Å². The van der Waals surface area contributed by atoms with E-state index in [2.05, 4.69) is 39.2 Å². The second-order valence-electron chi connectivity index (χ2n) is 28.7. The van der Waals surface area contributed by atoms with Crippen molar-refractivity contribution in [2.24, 2.45) is 0 Å². The van der Waals surface area contributed by atoms with Crippen molar-refractivity contribution in [3.63, 3.8) is 0 Å². The van der Waals surface area contributed by atoms with Crippen LogP contribution < -0.4 is 0 Å². The zero-order valence-electron chi connectivity index (χ0n) is 67.4.